The molecule has 0 unspecified atom stereocenters. The molecule has 39 heavy (non-hydrogen) atoms. The van der Waals surface area contributed by atoms with Crippen LogP contribution in [0.15, 0.2) is 0 Å². The molecule has 3 rings (SSSR count). The summed E-state index contributed by atoms with van der Waals surface area (Å²) >= 11 is 0. The number of likely N-dealkylation sites (tertiary alicyclic amines) is 1. The number of amidine groups is 1. The van der Waals surface area contributed by atoms with Crippen molar-refractivity contribution in [1.82, 2.24) is 4.90 Å². The van der Waals surface area contributed by atoms with Crippen molar-refractivity contribution in [1.29, 1.82) is 5.41 Å². The average Bonchev–Trinajstić information content (AvgIpc) is 2.79. The Balaban J connectivity index is 0. The van der Waals surface area contributed by atoms with Gasteiger partial charge in [0.05, 0.1) is 5.84 Å². The molecule has 4 nitrogen and oxygen atoms in total. The molecule has 4 heteroatoms. The van der Waals surface area contributed by atoms with Crippen molar-refractivity contribution < 1.29 is 4.74 Å². The largest absolute Gasteiger partial charge is 0.387 e. The summed E-state index contributed by atoms with van der Waals surface area (Å²) < 4.78 is 5.29. The third kappa shape index (κ3) is 19.2. The predicted molar refractivity (Wildman–Crippen MR) is 177 cm³/mol. The summed E-state index contributed by atoms with van der Waals surface area (Å²) in [5.41, 5.74) is 6.60. The second-order valence-electron chi connectivity index (χ2n) is 16.6. The molecule has 0 bridgehead atoms. The van der Waals surface area contributed by atoms with Gasteiger partial charge >= 0.3 is 0 Å². The van der Waals surface area contributed by atoms with Crippen LogP contribution in [0, 0.1) is 44.8 Å². The van der Waals surface area contributed by atoms with E-state index in [2.05, 4.69) is 74.3 Å². The first kappa shape index (κ1) is 40.5. The Morgan fingerprint density at radius 3 is 1.18 bits per heavy atom. The Labute approximate surface area is 247 Å². The lowest BCUT2D eigenvalue weighted by molar-refractivity contribution is 0.0286. The van der Waals surface area contributed by atoms with Gasteiger partial charge in [0, 0.05) is 18.6 Å². The molecule has 0 aromatic heterocycles. The normalized spacial score (nSPS) is 20.6. The fourth-order valence-electron chi connectivity index (χ4n) is 5.41. The summed E-state index contributed by atoms with van der Waals surface area (Å²) in [4.78, 5) is 2.43. The lowest BCUT2D eigenvalue weighted by Gasteiger charge is -2.37. The second-order valence-corrected chi connectivity index (χ2v) is 16.6. The van der Waals surface area contributed by atoms with Crippen molar-refractivity contribution in [2.75, 3.05) is 33.4 Å². The third-order valence-corrected chi connectivity index (χ3v) is 9.03. The molecule has 0 atom stereocenters. The Bertz CT molecular complexity index is 582. The van der Waals surface area contributed by atoms with Gasteiger partial charge in [-0.25, -0.2) is 0 Å². The van der Waals surface area contributed by atoms with Gasteiger partial charge in [-0.1, -0.05) is 110 Å². The first-order chi connectivity index (χ1) is 17.2. The van der Waals surface area contributed by atoms with E-state index >= 15 is 0 Å². The maximum absolute atomic E-state index is 6.92. The van der Waals surface area contributed by atoms with E-state index in [1.807, 2.05) is 20.8 Å². The van der Waals surface area contributed by atoms with Crippen LogP contribution in [0.3, 0.4) is 0 Å². The van der Waals surface area contributed by atoms with Crippen LogP contribution in [0.4, 0.5) is 0 Å². The zero-order valence-electron chi connectivity index (χ0n) is 28.4. The van der Waals surface area contributed by atoms with Crippen molar-refractivity contribution in [3.8, 4) is 0 Å². The van der Waals surface area contributed by atoms with Crippen LogP contribution in [0.5, 0.6) is 0 Å². The molecule has 0 amide bonds. The lowest BCUT2D eigenvalue weighted by Crippen LogP contribution is -2.35. The van der Waals surface area contributed by atoms with Crippen molar-refractivity contribution in [2.45, 2.75) is 148 Å². The van der Waals surface area contributed by atoms with Gasteiger partial charge in [-0.05, 0) is 92.7 Å². The van der Waals surface area contributed by atoms with Gasteiger partial charge in [-0.15, -0.1) is 0 Å². The summed E-state index contributed by atoms with van der Waals surface area (Å²) in [6, 6.07) is 0. The van der Waals surface area contributed by atoms with Crippen LogP contribution in [-0.4, -0.2) is 44.1 Å². The molecule has 0 radical (unpaired) electrons. The molecular weight excluding hydrogens is 478 g/mol. The van der Waals surface area contributed by atoms with E-state index in [4.69, 9.17) is 15.9 Å². The van der Waals surface area contributed by atoms with Crippen LogP contribution in [0.25, 0.3) is 0 Å². The van der Waals surface area contributed by atoms with E-state index in [9.17, 15) is 0 Å². The average molecular weight is 554 g/mol. The highest BCUT2D eigenvalue weighted by atomic mass is 16.5. The number of ether oxygens (including phenoxy) is 1. The first-order valence-corrected chi connectivity index (χ1v) is 15.8. The number of piperidine rings is 1. The number of hydrogen-bond donors (Lipinski definition) is 2. The van der Waals surface area contributed by atoms with Gasteiger partial charge in [0.25, 0.3) is 0 Å². The van der Waals surface area contributed by atoms with Crippen molar-refractivity contribution >= 4 is 5.84 Å². The maximum atomic E-state index is 6.92. The SMILES string of the molecule is C.CC(C)(C)C(=N)N.CC(C)(C)C1CCCCC1.CC(C)(C)C1CCOCC1.CN1CCC(C(C)(C)C)CC1. The molecule has 0 aromatic carbocycles. The van der Waals surface area contributed by atoms with Gasteiger partial charge in [-0.3, -0.25) is 5.41 Å². The van der Waals surface area contributed by atoms with Crippen molar-refractivity contribution in [3.63, 3.8) is 0 Å². The van der Waals surface area contributed by atoms with Gasteiger partial charge in [0.1, 0.15) is 0 Å². The van der Waals surface area contributed by atoms with E-state index in [0.29, 0.717) is 16.2 Å². The molecule has 2 saturated heterocycles. The third-order valence-electron chi connectivity index (χ3n) is 9.03. The summed E-state index contributed by atoms with van der Waals surface area (Å²) in [6.45, 7) is 31.5. The molecule has 236 valence electrons. The van der Waals surface area contributed by atoms with Gasteiger partial charge < -0.3 is 15.4 Å². The van der Waals surface area contributed by atoms with Crippen LogP contribution in [-0.2, 0) is 4.74 Å². The van der Waals surface area contributed by atoms with E-state index in [1.54, 1.807) is 0 Å². The number of nitrogens with zero attached hydrogens (tertiary/aromatic N) is 1. The minimum Gasteiger partial charge on any atom is -0.387 e. The van der Waals surface area contributed by atoms with Crippen LogP contribution < -0.4 is 5.73 Å². The number of rotatable bonds is 0. The Hall–Kier alpha value is -0.610. The molecule has 0 spiro atoms. The summed E-state index contributed by atoms with van der Waals surface area (Å²) in [7, 11) is 2.22. The van der Waals surface area contributed by atoms with E-state index < -0.39 is 0 Å². The van der Waals surface area contributed by atoms with Gasteiger partial charge in [0.2, 0.25) is 0 Å². The zero-order valence-corrected chi connectivity index (χ0v) is 28.4. The molecule has 2 heterocycles. The zero-order chi connectivity index (χ0) is 29.8. The van der Waals surface area contributed by atoms with Crippen molar-refractivity contribution in [3.05, 3.63) is 0 Å². The number of nitrogens with one attached hydrogen (secondary N) is 1. The standard InChI is InChI=1S/C10H21N.C10H20.C9H18O.C5H12N2.CH4/c1-10(2,3)9-5-7-11(4)8-6-9;1-10(2,3)9-7-5-4-6-8-9;1-9(2,3)8-4-6-10-7-5-8;1-5(2,3)4(6)7;/h9H,5-8H2,1-4H3;9H,4-8H2,1-3H3;8H,4-7H2,1-3H3;1-3H3,(H3,6,7);1H4. The van der Waals surface area contributed by atoms with E-state index in [1.165, 1.54) is 70.9 Å². The van der Waals surface area contributed by atoms with Gasteiger partial charge in [-0.2, -0.15) is 0 Å². The smallest absolute Gasteiger partial charge is 0.0960 e. The Kier molecular flexibility index (Phi) is 18.7. The highest BCUT2D eigenvalue weighted by Gasteiger charge is 2.28. The molecule has 3 aliphatic rings. The quantitative estimate of drug-likeness (QED) is 0.232. The first-order valence-electron chi connectivity index (χ1n) is 15.8. The molecule has 1 saturated carbocycles. The molecule has 3 N–H and O–H groups in total. The predicted octanol–water partition coefficient (Wildman–Crippen LogP) is 10.1. The highest BCUT2D eigenvalue weighted by Crippen LogP contribution is 2.37. The molecule has 1 aliphatic carbocycles. The monoisotopic (exact) mass is 554 g/mol. The fraction of sp³-hybridized carbons (Fsp3) is 0.971. The summed E-state index contributed by atoms with van der Waals surface area (Å²) in [6.07, 6.45) is 12.7. The number of nitrogens with two attached hydrogens (primary N) is 1. The lowest BCUT2D eigenvalue weighted by atomic mass is 9.72. The molecule has 3 fully saturated rings. The minimum atomic E-state index is -0.139. The van der Waals surface area contributed by atoms with Gasteiger partial charge in [0.15, 0.2) is 0 Å². The Morgan fingerprint density at radius 2 is 0.923 bits per heavy atom. The van der Waals surface area contributed by atoms with E-state index in [-0.39, 0.29) is 18.7 Å². The highest BCUT2D eigenvalue weighted by molar-refractivity contribution is 5.82. The van der Waals surface area contributed by atoms with Crippen molar-refractivity contribution in [2.24, 2.45) is 45.1 Å². The fourth-order valence-corrected chi connectivity index (χ4v) is 5.41. The molecule has 0 aromatic rings. The minimum absolute atomic E-state index is 0. The Morgan fingerprint density at radius 1 is 0.615 bits per heavy atom. The summed E-state index contributed by atoms with van der Waals surface area (Å²) in [5, 5.41) is 6.92. The number of hydrogen-bond acceptors (Lipinski definition) is 3. The van der Waals surface area contributed by atoms with E-state index in [0.717, 1.165) is 31.0 Å². The summed E-state index contributed by atoms with van der Waals surface area (Å²) in [5.74, 6) is 3.06. The van der Waals surface area contributed by atoms with Crippen LogP contribution in [0.1, 0.15) is 148 Å². The van der Waals surface area contributed by atoms with Crippen LogP contribution >= 0.6 is 0 Å². The van der Waals surface area contributed by atoms with Crippen LogP contribution in [0.2, 0.25) is 0 Å². The maximum Gasteiger partial charge on any atom is 0.0960 e. The molecule has 2 aliphatic heterocycles. The molecular formula is C35H75N3O. The topological polar surface area (TPSA) is 62.3 Å². The second kappa shape index (κ2) is 18.0.